The molecule has 0 bridgehead atoms. The van der Waals surface area contributed by atoms with Crippen molar-refractivity contribution in [2.75, 3.05) is 24.2 Å². The minimum absolute atomic E-state index is 0.0918. The highest BCUT2D eigenvalue weighted by atomic mass is 79.9. The van der Waals surface area contributed by atoms with Gasteiger partial charge in [0.1, 0.15) is 6.54 Å². The Kier molecular flexibility index (Phi) is 5.19. The summed E-state index contributed by atoms with van der Waals surface area (Å²) >= 11 is 4.54. The molecule has 7 heteroatoms. The molecule has 17 heavy (non-hydrogen) atoms. The molecule has 0 saturated carbocycles. The second-order valence-corrected chi connectivity index (χ2v) is 6.60. The normalized spacial score (nSPS) is 25.0. The number of thioether (sulfide) groups is 1. The first kappa shape index (κ1) is 15.1. The van der Waals surface area contributed by atoms with Crippen LogP contribution in [0.25, 0.3) is 0 Å². The Balaban J connectivity index is 2.72. The number of alkyl halides is 4. The molecule has 1 amide bonds. The average Bonchev–Trinajstić information content (AvgIpc) is 2.63. The Labute approximate surface area is 111 Å². The van der Waals surface area contributed by atoms with Crippen LogP contribution in [0.5, 0.6) is 0 Å². The van der Waals surface area contributed by atoms with E-state index in [1.165, 1.54) is 11.8 Å². The van der Waals surface area contributed by atoms with E-state index in [-0.39, 0.29) is 6.54 Å². The molecule has 0 radical (unpaired) electrons. The van der Waals surface area contributed by atoms with Crippen LogP contribution in [0.4, 0.5) is 13.2 Å². The lowest BCUT2D eigenvalue weighted by atomic mass is 10.0. The van der Waals surface area contributed by atoms with Gasteiger partial charge in [-0.15, -0.1) is 11.8 Å². The van der Waals surface area contributed by atoms with Crippen LogP contribution in [0, 0.1) is 0 Å². The van der Waals surface area contributed by atoms with Crippen LogP contribution in [0.2, 0.25) is 0 Å². The third-order valence-corrected chi connectivity index (χ3v) is 4.55. The van der Waals surface area contributed by atoms with E-state index in [9.17, 15) is 18.0 Å². The molecule has 0 spiro atoms. The number of carbonyl (C=O) groups excluding carboxylic acids is 1. The quantitative estimate of drug-likeness (QED) is 0.737. The number of hydrogen-bond acceptors (Lipinski definition) is 2. The lowest BCUT2D eigenvalue weighted by Gasteiger charge is -2.31. The number of rotatable bonds is 4. The zero-order valence-electron chi connectivity index (χ0n) is 9.52. The summed E-state index contributed by atoms with van der Waals surface area (Å²) in [4.78, 5) is 13.0. The largest absolute Gasteiger partial charge is 0.406 e. The molecule has 0 aliphatic carbocycles. The molecule has 0 N–H and O–H groups in total. The van der Waals surface area contributed by atoms with Gasteiger partial charge in [0.15, 0.2) is 0 Å². The smallest absolute Gasteiger partial charge is 0.332 e. The summed E-state index contributed by atoms with van der Waals surface area (Å²) in [7, 11) is 0. The van der Waals surface area contributed by atoms with E-state index in [0.29, 0.717) is 11.8 Å². The van der Waals surface area contributed by atoms with Crippen LogP contribution in [0.3, 0.4) is 0 Å². The highest BCUT2D eigenvalue weighted by Crippen LogP contribution is 2.39. The van der Waals surface area contributed by atoms with Crippen molar-refractivity contribution in [1.82, 2.24) is 4.90 Å². The molecule has 100 valence electrons. The number of hydrogen-bond donors (Lipinski definition) is 0. The van der Waals surface area contributed by atoms with Crippen LogP contribution < -0.4 is 0 Å². The molecule has 1 saturated heterocycles. The van der Waals surface area contributed by atoms with E-state index in [0.717, 1.165) is 17.1 Å². The van der Waals surface area contributed by atoms with E-state index in [1.54, 1.807) is 6.92 Å². The number of halogens is 4. The van der Waals surface area contributed by atoms with Gasteiger partial charge in [-0.05, 0) is 25.5 Å². The average molecular weight is 334 g/mol. The van der Waals surface area contributed by atoms with E-state index < -0.39 is 23.4 Å². The van der Waals surface area contributed by atoms with Gasteiger partial charge in [-0.2, -0.15) is 13.2 Å². The zero-order chi connectivity index (χ0) is 13.1. The first-order valence-corrected chi connectivity index (χ1v) is 7.45. The number of amides is 1. The molecule has 0 aromatic carbocycles. The van der Waals surface area contributed by atoms with Crippen molar-refractivity contribution >= 4 is 33.6 Å². The van der Waals surface area contributed by atoms with Crippen molar-refractivity contribution in [1.29, 1.82) is 0 Å². The maximum atomic E-state index is 12.4. The van der Waals surface area contributed by atoms with E-state index in [1.807, 2.05) is 0 Å². The van der Waals surface area contributed by atoms with Crippen LogP contribution in [-0.4, -0.2) is 45.9 Å². The van der Waals surface area contributed by atoms with Gasteiger partial charge in [-0.1, -0.05) is 15.9 Å². The Morgan fingerprint density at radius 1 is 1.53 bits per heavy atom. The van der Waals surface area contributed by atoms with Crippen molar-refractivity contribution in [2.24, 2.45) is 0 Å². The molecule has 1 aliphatic rings. The minimum atomic E-state index is -4.34. The van der Waals surface area contributed by atoms with Gasteiger partial charge in [0.25, 0.3) is 0 Å². The molecule has 2 nitrogen and oxygen atoms in total. The molecular formula is C10H15BrF3NOS. The van der Waals surface area contributed by atoms with Gasteiger partial charge in [0.05, 0.1) is 4.75 Å². The maximum Gasteiger partial charge on any atom is 0.406 e. The number of carbonyl (C=O) groups is 1. The fourth-order valence-electron chi connectivity index (χ4n) is 1.85. The van der Waals surface area contributed by atoms with E-state index in [4.69, 9.17) is 0 Å². The summed E-state index contributed by atoms with van der Waals surface area (Å²) in [6, 6.07) is 0. The molecule has 1 fully saturated rings. The zero-order valence-corrected chi connectivity index (χ0v) is 11.9. The van der Waals surface area contributed by atoms with E-state index in [2.05, 4.69) is 15.9 Å². The van der Waals surface area contributed by atoms with Crippen molar-refractivity contribution in [3.05, 3.63) is 0 Å². The van der Waals surface area contributed by atoms with Crippen LogP contribution >= 0.6 is 27.7 Å². The molecule has 0 aromatic heterocycles. The second-order valence-electron chi connectivity index (χ2n) is 4.21. The summed E-state index contributed by atoms with van der Waals surface area (Å²) in [6.45, 7) is 0.673. The number of nitrogens with zero attached hydrogens (tertiary/aromatic N) is 1. The van der Waals surface area contributed by atoms with Gasteiger partial charge in [0.2, 0.25) is 5.91 Å². The van der Waals surface area contributed by atoms with E-state index >= 15 is 0 Å². The highest BCUT2D eigenvalue weighted by Gasteiger charge is 2.43. The lowest BCUT2D eigenvalue weighted by molar-refractivity contribution is -0.161. The molecule has 1 atom stereocenters. The van der Waals surface area contributed by atoms with Crippen molar-refractivity contribution in [2.45, 2.75) is 30.7 Å². The summed E-state index contributed by atoms with van der Waals surface area (Å²) in [5, 5.41) is 0.357. The van der Waals surface area contributed by atoms with Crippen molar-refractivity contribution < 1.29 is 18.0 Å². The van der Waals surface area contributed by atoms with Crippen LogP contribution in [-0.2, 0) is 4.79 Å². The first-order chi connectivity index (χ1) is 7.78. The predicted molar refractivity (Wildman–Crippen MR) is 66.5 cm³/mol. The Morgan fingerprint density at radius 3 is 2.59 bits per heavy atom. The minimum Gasteiger partial charge on any atom is -0.332 e. The van der Waals surface area contributed by atoms with Crippen LogP contribution in [0.15, 0.2) is 0 Å². The van der Waals surface area contributed by atoms with Gasteiger partial charge in [-0.3, -0.25) is 4.79 Å². The van der Waals surface area contributed by atoms with Gasteiger partial charge in [-0.25, -0.2) is 0 Å². The third-order valence-electron chi connectivity index (χ3n) is 2.68. The standard InChI is InChI=1S/C10H15BrF3NOS/c1-9(3-2-6-17-9)8(16)15(5-4-11)7-10(12,13)14/h2-7H2,1H3. The summed E-state index contributed by atoms with van der Waals surface area (Å²) in [5.41, 5.74) is 0. The summed E-state index contributed by atoms with van der Waals surface area (Å²) in [6.07, 6.45) is -2.79. The Bertz CT molecular complexity index is 279. The molecular weight excluding hydrogens is 319 g/mol. The molecule has 1 unspecified atom stereocenters. The highest BCUT2D eigenvalue weighted by molar-refractivity contribution is 9.09. The maximum absolute atomic E-state index is 12.4. The predicted octanol–water partition coefficient (Wildman–Crippen LogP) is 3.06. The summed E-state index contributed by atoms with van der Waals surface area (Å²) < 4.78 is 36.5. The summed E-state index contributed by atoms with van der Waals surface area (Å²) in [5.74, 6) is 0.452. The fourth-order valence-corrected chi connectivity index (χ4v) is 3.56. The monoisotopic (exact) mass is 333 g/mol. The Morgan fingerprint density at radius 2 is 2.18 bits per heavy atom. The van der Waals surface area contributed by atoms with Crippen molar-refractivity contribution in [3.63, 3.8) is 0 Å². The third kappa shape index (κ3) is 4.35. The Hall–Kier alpha value is 0.0900. The first-order valence-electron chi connectivity index (χ1n) is 5.34. The van der Waals surface area contributed by atoms with Crippen LogP contribution in [0.1, 0.15) is 19.8 Å². The lowest BCUT2D eigenvalue weighted by Crippen LogP contribution is -2.48. The molecule has 1 aliphatic heterocycles. The molecule has 0 aromatic rings. The topological polar surface area (TPSA) is 20.3 Å². The van der Waals surface area contributed by atoms with Gasteiger partial charge >= 0.3 is 6.18 Å². The van der Waals surface area contributed by atoms with Crippen molar-refractivity contribution in [3.8, 4) is 0 Å². The van der Waals surface area contributed by atoms with Gasteiger partial charge in [0, 0.05) is 11.9 Å². The second kappa shape index (κ2) is 5.82. The fraction of sp³-hybridized carbons (Fsp3) is 0.900. The molecule has 1 rings (SSSR count). The van der Waals surface area contributed by atoms with Gasteiger partial charge < -0.3 is 4.90 Å². The molecule has 1 heterocycles. The SMILES string of the molecule is CC1(C(=O)N(CCBr)CC(F)(F)F)CCCS1.